The minimum atomic E-state index is -3.73. The summed E-state index contributed by atoms with van der Waals surface area (Å²) in [6.07, 6.45) is 6.10. The summed E-state index contributed by atoms with van der Waals surface area (Å²) in [5.41, 5.74) is 0.856. The molecule has 1 aliphatic rings. The molecule has 106 valence electrons. The number of hydrogen-bond donors (Lipinski definition) is 1. The van der Waals surface area contributed by atoms with Gasteiger partial charge in [-0.25, -0.2) is 13.6 Å². The van der Waals surface area contributed by atoms with Crippen LogP contribution in [0.1, 0.15) is 37.7 Å². The molecule has 0 spiro atoms. The van der Waals surface area contributed by atoms with Crippen molar-refractivity contribution in [3.8, 4) is 5.75 Å². The average Bonchev–Trinajstić information content (AvgIpc) is 2.37. The third kappa shape index (κ3) is 3.94. The van der Waals surface area contributed by atoms with E-state index in [1.165, 1.54) is 19.3 Å². The summed E-state index contributed by atoms with van der Waals surface area (Å²) in [7, 11) is -3.73. The van der Waals surface area contributed by atoms with Crippen LogP contribution in [-0.2, 0) is 10.0 Å². The van der Waals surface area contributed by atoms with Crippen molar-refractivity contribution in [2.24, 2.45) is 11.1 Å². The van der Waals surface area contributed by atoms with Gasteiger partial charge in [0, 0.05) is 0 Å². The molecule has 2 rings (SSSR count). The van der Waals surface area contributed by atoms with E-state index >= 15 is 0 Å². The van der Waals surface area contributed by atoms with Crippen molar-refractivity contribution in [1.82, 2.24) is 0 Å². The Morgan fingerprint density at radius 1 is 1.26 bits per heavy atom. The van der Waals surface area contributed by atoms with Gasteiger partial charge in [0.1, 0.15) is 10.6 Å². The minimum Gasteiger partial charge on any atom is -0.492 e. The van der Waals surface area contributed by atoms with Crippen molar-refractivity contribution < 1.29 is 13.2 Å². The molecule has 1 fully saturated rings. The van der Waals surface area contributed by atoms with E-state index in [1.54, 1.807) is 12.1 Å². The Bertz CT molecular complexity index is 534. The van der Waals surface area contributed by atoms with Gasteiger partial charge in [-0.3, -0.25) is 0 Å². The molecule has 0 unspecified atom stereocenters. The molecule has 0 heterocycles. The molecule has 1 aliphatic carbocycles. The fraction of sp³-hybridized carbons (Fsp3) is 0.571. The lowest BCUT2D eigenvalue weighted by Crippen LogP contribution is -2.18. The number of rotatable bonds is 4. The highest BCUT2D eigenvalue weighted by Gasteiger charge is 2.18. The van der Waals surface area contributed by atoms with Crippen LogP contribution in [0.25, 0.3) is 0 Å². The lowest BCUT2D eigenvalue weighted by molar-refractivity contribution is 0.205. The smallest absolute Gasteiger partial charge is 0.241 e. The van der Waals surface area contributed by atoms with Crippen LogP contribution in [0.2, 0.25) is 0 Å². The van der Waals surface area contributed by atoms with E-state index < -0.39 is 10.0 Å². The van der Waals surface area contributed by atoms with Gasteiger partial charge in [-0.15, -0.1) is 0 Å². The van der Waals surface area contributed by atoms with Crippen molar-refractivity contribution in [2.45, 2.75) is 43.9 Å². The first-order chi connectivity index (χ1) is 8.97. The summed E-state index contributed by atoms with van der Waals surface area (Å²) >= 11 is 0. The quantitative estimate of drug-likeness (QED) is 0.923. The zero-order chi connectivity index (χ0) is 13.9. The third-order valence-electron chi connectivity index (χ3n) is 3.61. The first-order valence-electron chi connectivity index (χ1n) is 6.73. The highest BCUT2D eigenvalue weighted by atomic mass is 32.2. The van der Waals surface area contributed by atoms with Crippen molar-refractivity contribution >= 4 is 10.0 Å². The van der Waals surface area contributed by atoms with E-state index in [1.807, 2.05) is 13.0 Å². The van der Waals surface area contributed by atoms with Crippen LogP contribution < -0.4 is 9.88 Å². The second kappa shape index (κ2) is 5.92. The molecule has 1 saturated carbocycles. The summed E-state index contributed by atoms with van der Waals surface area (Å²) in [6.45, 7) is 2.41. The van der Waals surface area contributed by atoms with Crippen LogP contribution in [0.15, 0.2) is 23.1 Å². The number of aryl methyl sites for hydroxylation is 1. The highest BCUT2D eigenvalue weighted by molar-refractivity contribution is 7.89. The van der Waals surface area contributed by atoms with Crippen LogP contribution in [0.5, 0.6) is 5.75 Å². The highest BCUT2D eigenvalue weighted by Crippen LogP contribution is 2.28. The third-order valence-corrected chi connectivity index (χ3v) is 4.54. The molecule has 0 aromatic heterocycles. The van der Waals surface area contributed by atoms with E-state index in [0.717, 1.165) is 18.4 Å². The molecule has 19 heavy (non-hydrogen) atoms. The zero-order valence-corrected chi connectivity index (χ0v) is 12.1. The maximum atomic E-state index is 11.6. The minimum absolute atomic E-state index is 0.0864. The lowest BCUT2D eigenvalue weighted by atomic mass is 9.90. The molecule has 0 saturated heterocycles. The molecule has 0 bridgehead atoms. The van der Waals surface area contributed by atoms with E-state index in [4.69, 9.17) is 9.88 Å². The Balaban J connectivity index is 2.11. The van der Waals surface area contributed by atoms with Crippen molar-refractivity contribution in [1.29, 1.82) is 0 Å². The zero-order valence-electron chi connectivity index (χ0n) is 11.3. The second-order valence-corrected chi connectivity index (χ2v) is 6.84. The number of benzene rings is 1. The van der Waals surface area contributed by atoms with E-state index in [2.05, 4.69) is 0 Å². The monoisotopic (exact) mass is 283 g/mol. The normalized spacial score (nSPS) is 17.4. The predicted octanol–water partition coefficient (Wildman–Crippen LogP) is 2.60. The van der Waals surface area contributed by atoms with E-state index in [0.29, 0.717) is 18.3 Å². The van der Waals surface area contributed by atoms with Crippen molar-refractivity contribution in [3.63, 3.8) is 0 Å². The summed E-state index contributed by atoms with van der Waals surface area (Å²) in [5.74, 6) is 0.905. The Labute approximate surface area is 115 Å². The fourth-order valence-electron chi connectivity index (χ4n) is 2.52. The van der Waals surface area contributed by atoms with Crippen LogP contribution in [0, 0.1) is 12.8 Å². The first-order valence-corrected chi connectivity index (χ1v) is 8.28. The molecule has 5 heteroatoms. The lowest BCUT2D eigenvalue weighted by Gasteiger charge is -2.22. The fourth-order valence-corrected chi connectivity index (χ4v) is 3.28. The summed E-state index contributed by atoms with van der Waals surface area (Å²) < 4.78 is 28.8. The Morgan fingerprint density at radius 2 is 1.95 bits per heavy atom. The Morgan fingerprint density at radius 3 is 2.58 bits per heavy atom. The molecule has 1 aromatic carbocycles. The SMILES string of the molecule is Cc1ccc(OCC2CCCCC2)c(S(N)(=O)=O)c1. The Hall–Kier alpha value is -1.07. The number of hydrogen-bond acceptors (Lipinski definition) is 3. The van der Waals surface area contributed by atoms with Gasteiger partial charge in [-0.1, -0.05) is 25.3 Å². The topological polar surface area (TPSA) is 69.4 Å². The van der Waals surface area contributed by atoms with Gasteiger partial charge in [0.2, 0.25) is 10.0 Å². The van der Waals surface area contributed by atoms with Gasteiger partial charge in [0.15, 0.2) is 0 Å². The van der Waals surface area contributed by atoms with Crippen LogP contribution in [-0.4, -0.2) is 15.0 Å². The predicted molar refractivity (Wildman–Crippen MR) is 74.6 cm³/mol. The molecular weight excluding hydrogens is 262 g/mol. The summed E-state index contributed by atoms with van der Waals surface area (Å²) in [5, 5.41) is 5.23. The molecule has 1 aromatic rings. The molecule has 0 atom stereocenters. The maximum absolute atomic E-state index is 11.6. The van der Waals surface area contributed by atoms with Gasteiger partial charge in [0.25, 0.3) is 0 Å². The Kier molecular flexibility index (Phi) is 4.47. The number of sulfonamides is 1. The van der Waals surface area contributed by atoms with Crippen molar-refractivity contribution in [3.05, 3.63) is 23.8 Å². The molecule has 0 aliphatic heterocycles. The van der Waals surface area contributed by atoms with Crippen molar-refractivity contribution in [2.75, 3.05) is 6.61 Å². The van der Waals surface area contributed by atoms with Gasteiger partial charge in [0.05, 0.1) is 6.61 Å². The molecular formula is C14H21NO3S. The summed E-state index contributed by atoms with van der Waals surface area (Å²) in [4.78, 5) is 0.0864. The number of ether oxygens (including phenoxy) is 1. The molecule has 0 amide bonds. The van der Waals surface area contributed by atoms with Gasteiger partial charge < -0.3 is 4.74 Å². The number of primary sulfonamides is 1. The van der Waals surface area contributed by atoms with Crippen LogP contribution >= 0.6 is 0 Å². The maximum Gasteiger partial charge on any atom is 0.241 e. The van der Waals surface area contributed by atoms with E-state index in [-0.39, 0.29) is 4.90 Å². The van der Waals surface area contributed by atoms with Gasteiger partial charge in [-0.05, 0) is 43.4 Å². The molecule has 2 N–H and O–H groups in total. The number of nitrogens with two attached hydrogens (primary N) is 1. The standard InChI is InChI=1S/C14H21NO3S/c1-11-7-8-13(14(9-11)19(15,16)17)18-10-12-5-3-2-4-6-12/h7-9,12H,2-6,10H2,1H3,(H2,15,16,17). The van der Waals surface area contributed by atoms with Gasteiger partial charge in [-0.2, -0.15) is 0 Å². The molecule has 0 radical (unpaired) electrons. The molecule has 4 nitrogen and oxygen atoms in total. The van der Waals surface area contributed by atoms with Crippen LogP contribution in [0.3, 0.4) is 0 Å². The largest absolute Gasteiger partial charge is 0.492 e. The first kappa shape index (κ1) is 14.3. The summed E-state index contributed by atoms with van der Waals surface area (Å²) in [6, 6.07) is 5.09. The van der Waals surface area contributed by atoms with Gasteiger partial charge >= 0.3 is 0 Å². The van der Waals surface area contributed by atoms with Crippen LogP contribution in [0.4, 0.5) is 0 Å². The average molecular weight is 283 g/mol. The van der Waals surface area contributed by atoms with E-state index in [9.17, 15) is 8.42 Å². The second-order valence-electron chi connectivity index (χ2n) is 5.31.